The van der Waals surface area contributed by atoms with Crippen molar-refractivity contribution >= 4 is 23.2 Å². The van der Waals surface area contributed by atoms with Crippen LogP contribution in [0.1, 0.15) is 55.6 Å². The van der Waals surface area contributed by atoms with Gasteiger partial charge in [-0.15, -0.1) is 0 Å². The zero-order valence-electron chi connectivity index (χ0n) is 17.8. The summed E-state index contributed by atoms with van der Waals surface area (Å²) in [4.78, 5) is 26.3. The van der Waals surface area contributed by atoms with Crippen molar-refractivity contribution in [3.8, 4) is 0 Å². The number of nitrogens with one attached hydrogen (secondary N) is 4. The molecular weight excluding hydrogens is 378 g/mol. The lowest BCUT2D eigenvalue weighted by Gasteiger charge is -2.39. The van der Waals surface area contributed by atoms with Gasteiger partial charge in [0.1, 0.15) is 0 Å². The number of carbonyl (C=O) groups is 2. The van der Waals surface area contributed by atoms with Gasteiger partial charge >= 0.3 is 0 Å². The Kier molecular flexibility index (Phi) is 6.49. The standard InChI is InChI=1S/C23H33N5O2/c1-25-20-14-16(15-8-12-28(13-9-15)17-6-10-26-11-7-17)2-3-18(20)22(24)19-4-5-21(29)27-23(19)30/h2-3,14-15,17,19,24-26H,4-13H2,1H3,(H,27,29,30). The average Bonchev–Trinajstić information content (AvgIpc) is 2.79. The first-order chi connectivity index (χ1) is 14.6. The van der Waals surface area contributed by atoms with Crippen LogP contribution >= 0.6 is 0 Å². The van der Waals surface area contributed by atoms with Gasteiger partial charge in [-0.05, 0) is 75.8 Å². The first-order valence-electron chi connectivity index (χ1n) is 11.3. The van der Waals surface area contributed by atoms with E-state index in [1.807, 2.05) is 13.1 Å². The summed E-state index contributed by atoms with van der Waals surface area (Å²) in [6.07, 6.45) is 5.54. The largest absolute Gasteiger partial charge is 0.388 e. The highest BCUT2D eigenvalue weighted by molar-refractivity contribution is 6.17. The van der Waals surface area contributed by atoms with E-state index >= 15 is 0 Å². The Labute approximate surface area is 178 Å². The minimum atomic E-state index is -0.561. The van der Waals surface area contributed by atoms with Crippen LogP contribution in [0.25, 0.3) is 0 Å². The maximum absolute atomic E-state index is 12.2. The summed E-state index contributed by atoms with van der Waals surface area (Å²) in [5, 5.41) is 17.6. The Bertz CT molecular complexity index is 810. The molecule has 0 bridgehead atoms. The summed E-state index contributed by atoms with van der Waals surface area (Å²) >= 11 is 0. The minimum Gasteiger partial charge on any atom is -0.388 e. The molecule has 1 aromatic carbocycles. The fourth-order valence-corrected chi connectivity index (χ4v) is 5.18. The van der Waals surface area contributed by atoms with E-state index in [1.54, 1.807) is 0 Å². The summed E-state index contributed by atoms with van der Waals surface area (Å²) in [5.74, 6) is -0.625. The smallest absolute Gasteiger partial charge is 0.235 e. The Morgan fingerprint density at radius 3 is 2.50 bits per heavy atom. The third-order valence-corrected chi connectivity index (χ3v) is 7.02. The molecule has 1 aromatic rings. The number of likely N-dealkylation sites (tertiary alicyclic amines) is 1. The number of hydrogen-bond donors (Lipinski definition) is 4. The quantitative estimate of drug-likeness (QED) is 0.439. The molecule has 0 saturated carbocycles. The molecule has 0 spiro atoms. The highest BCUT2D eigenvalue weighted by atomic mass is 16.2. The molecule has 0 radical (unpaired) electrons. The fraction of sp³-hybridized carbons (Fsp3) is 0.609. The van der Waals surface area contributed by atoms with E-state index in [2.05, 4.69) is 33.0 Å². The second-order valence-corrected chi connectivity index (χ2v) is 8.76. The normalized spacial score (nSPS) is 24.5. The summed E-state index contributed by atoms with van der Waals surface area (Å²) in [5.41, 5.74) is 3.24. The Balaban J connectivity index is 1.43. The number of amides is 2. The van der Waals surface area contributed by atoms with Crippen LogP contribution in [0.4, 0.5) is 5.69 Å². The van der Waals surface area contributed by atoms with E-state index < -0.39 is 5.92 Å². The van der Waals surface area contributed by atoms with Crippen molar-refractivity contribution in [1.29, 1.82) is 5.41 Å². The molecule has 7 heteroatoms. The molecule has 3 heterocycles. The molecule has 2 amide bonds. The number of hydrogen-bond acceptors (Lipinski definition) is 6. The van der Waals surface area contributed by atoms with Crippen LogP contribution in [0.2, 0.25) is 0 Å². The summed E-state index contributed by atoms with van der Waals surface area (Å²) in [7, 11) is 1.86. The number of piperidine rings is 3. The maximum atomic E-state index is 12.2. The first-order valence-corrected chi connectivity index (χ1v) is 11.3. The lowest BCUT2D eigenvalue weighted by molar-refractivity contribution is -0.134. The van der Waals surface area contributed by atoms with Crippen molar-refractivity contribution in [3.05, 3.63) is 29.3 Å². The first kappa shape index (κ1) is 21.0. The molecule has 1 unspecified atom stereocenters. The van der Waals surface area contributed by atoms with Crippen molar-refractivity contribution in [2.45, 2.75) is 50.5 Å². The van der Waals surface area contributed by atoms with Crippen molar-refractivity contribution in [3.63, 3.8) is 0 Å². The predicted octanol–water partition coefficient (Wildman–Crippen LogP) is 2.08. The molecule has 3 saturated heterocycles. The molecule has 0 aromatic heterocycles. The van der Waals surface area contributed by atoms with Crippen LogP contribution in [-0.4, -0.2) is 61.7 Å². The minimum absolute atomic E-state index is 0.246. The van der Waals surface area contributed by atoms with Crippen molar-refractivity contribution in [1.82, 2.24) is 15.5 Å². The van der Waals surface area contributed by atoms with Gasteiger partial charge in [-0.25, -0.2) is 0 Å². The Hall–Kier alpha value is -2.25. The topological polar surface area (TPSA) is 97.3 Å². The molecule has 0 aliphatic carbocycles. The second kappa shape index (κ2) is 9.27. The zero-order valence-corrected chi connectivity index (χ0v) is 17.8. The van der Waals surface area contributed by atoms with Crippen LogP contribution in [0.3, 0.4) is 0 Å². The van der Waals surface area contributed by atoms with Crippen molar-refractivity contribution in [2.75, 3.05) is 38.5 Å². The van der Waals surface area contributed by atoms with E-state index in [1.165, 1.54) is 18.4 Å². The highest BCUT2D eigenvalue weighted by Gasteiger charge is 2.32. The third-order valence-electron chi connectivity index (χ3n) is 7.02. The van der Waals surface area contributed by atoms with Gasteiger partial charge in [0, 0.05) is 30.8 Å². The number of nitrogens with zero attached hydrogens (tertiary/aromatic N) is 1. The van der Waals surface area contributed by atoms with E-state index in [0.29, 0.717) is 18.8 Å². The van der Waals surface area contributed by atoms with Crippen LogP contribution in [-0.2, 0) is 9.59 Å². The molecule has 162 valence electrons. The average molecular weight is 412 g/mol. The number of anilines is 1. The van der Waals surface area contributed by atoms with E-state index in [4.69, 9.17) is 5.41 Å². The fourth-order valence-electron chi connectivity index (χ4n) is 5.18. The summed E-state index contributed by atoms with van der Waals surface area (Å²) in [6, 6.07) is 6.99. The molecule has 3 aliphatic heterocycles. The van der Waals surface area contributed by atoms with Crippen molar-refractivity contribution < 1.29 is 9.59 Å². The Morgan fingerprint density at radius 2 is 1.83 bits per heavy atom. The number of benzene rings is 1. The highest BCUT2D eigenvalue weighted by Crippen LogP contribution is 2.33. The number of carbonyl (C=O) groups excluding carboxylic acids is 2. The summed E-state index contributed by atoms with van der Waals surface area (Å²) < 4.78 is 0. The lowest BCUT2D eigenvalue weighted by Crippen LogP contribution is -2.46. The van der Waals surface area contributed by atoms with Crippen LogP contribution < -0.4 is 16.0 Å². The van der Waals surface area contributed by atoms with Gasteiger partial charge in [-0.3, -0.25) is 14.9 Å². The van der Waals surface area contributed by atoms with E-state index in [9.17, 15) is 9.59 Å². The van der Waals surface area contributed by atoms with Gasteiger partial charge < -0.3 is 20.9 Å². The monoisotopic (exact) mass is 411 g/mol. The summed E-state index contributed by atoms with van der Waals surface area (Å²) in [6.45, 7) is 4.57. The van der Waals surface area contributed by atoms with Gasteiger partial charge in [-0.1, -0.05) is 12.1 Å². The Morgan fingerprint density at radius 1 is 1.10 bits per heavy atom. The molecule has 3 fully saturated rings. The van der Waals surface area contributed by atoms with Crippen LogP contribution in [0, 0.1) is 11.3 Å². The van der Waals surface area contributed by atoms with Crippen LogP contribution in [0.5, 0.6) is 0 Å². The third kappa shape index (κ3) is 4.42. The maximum Gasteiger partial charge on any atom is 0.235 e. The molecule has 7 nitrogen and oxygen atoms in total. The molecule has 30 heavy (non-hydrogen) atoms. The number of imide groups is 1. The van der Waals surface area contributed by atoms with Crippen molar-refractivity contribution in [2.24, 2.45) is 5.92 Å². The van der Waals surface area contributed by atoms with Gasteiger partial charge in [0.05, 0.1) is 11.6 Å². The molecule has 1 atom stereocenters. The SMILES string of the molecule is CNc1cc(C2CCN(C3CCNCC3)CC2)ccc1C(=N)C1CCC(=O)NC1=O. The molecule has 3 aliphatic rings. The number of rotatable bonds is 5. The van der Waals surface area contributed by atoms with Gasteiger partial charge in [0.25, 0.3) is 0 Å². The second-order valence-electron chi connectivity index (χ2n) is 8.76. The van der Waals surface area contributed by atoms with Gasteiger partial charge in [0.2, 0.25) is 11.8 Å². The predicted molar refractivity (Wildman–Crippen MR) is 118 cm³/mol. The zero-order chi connectivity index (χ0) is 21.1. The van der Waals surface area contributed by atoms with Gasteiger partial charge in [-0.2, -0.15) is 0 Å². The van der Waals surface area contributed by atoms with Gasteiger partial charge in [0.15, 0.2) is 0 Å². The van der Waals surface area contributed by atoms with Crippen LogP contribution in [0.15, 0.2) is 18.2 Å². The molecular formula is C23H33N5O2. The van der Waals surface area contributed by atoms with E-state index in [-0.39, 0.29) is 17.5 Å². The lowest BCUT2D eigenvalue weighted by atomic mass is 9.84. The molecule has 4 rings (SSSR count). The molecule has 4 N–H and O–H groups in total. The van der Waals surface area contributed by atoms with E-state index in [0.717, 1.165) is 56.3 Å².